The van der Waals surface area contributed by atoms with Gasteiger partial charge in [-0.2, -0.15) is 5.10 Å². The van der Waals surface area contributed by atoms with Crippen LogP contribution in [0.5, 0.6) is 0 Å². The molecule has 2 aromatic heterocycles. The molecule has 2 fully saturated rings. The molecule has 3 unspecified atom stereocenters. The number of hydrogen-bond donors (Lipinski definition) is 1. The Bertz CT molecular complexity index is 759. The Hall–Kier alpha value is -2.08. The minimum atomic E-state index is 0.00134. The minimum absolute atomic E-state index is 0.00134. The second-order valence-corrected chi connectivity index (χ2v) is 7.77. The van der Waals surface area contributed by atoms with Crippen LogP contribution in [-0.4, -0.2) is 40.2 Å². The lowest BCUT2D eigenvalue weighted by atomic mass is 9.91. The molecule has 0 saturated carbocycles. The van der Waals surface area contributed by atoms with Crippen molar-refractivity contribution >= 4 is 5.91 Å². The molecule has 0 bridgehead atoms. The molecule has 6 heteroatoms. The third-order valence-electron chi connectivity index (χ3n) is 5.69. The summed E-state index contributed by atoms with van der Waals surface area (Å²) in [7, 11) is 0. The number of aryl methyl sites for hydroxylation is 1. The molecule has 4 rings (SSSR count). The number of likely N-dealkylation sites (tertiary alicyclic amines) is 1. The van der Waals surface area contributed by atoms with Crippen LogP contribution in [-0.2, 0) is 0 Å². The Morgan fingerprint density at radius 2 is 2.19 bits per heavy atom. The second kappa shape index (κ2) is 7.27. The largest absolute Gasteiger partial charge is 0.464 e. The Morgan fingerprint density at radius 3 is 2.92 bits per heavy atom. The molecule has 2 aromatic rings. The Morgan fingerprint density at radius 1 is 1.31 bits per heavy atom. The molecule has 1 amide bonds. The monoisotopic (exact) mass is 356 g/mol. The van der Waals surface area contributed by atoms with Gasteiger partial charge in [0.1, 0.15) is 17.2 Å². The summed E-state index contributed by atoms with van der Waals surface area (Å²) < 4.78 is 7.82. The summed E-state index contributed by atoms with van der Waals surface area (Å²) in [4.78, 5) is 15.1. The molecule has 3 atom stereocenters. The van der Waals surface area contributed by atoms with Gasteiger partial charge in [0.05, 0.1) is 12.1 Å². The zero-order valence-corrected chi connectivity index (χ0v) is 15.6. The van der Waals surface area contributed by atoms with Gasteiger partial charge in [-0.15, -0.1) is 0 Å². The molecule has 1 N–H and O–H groups in total. The zero-order chi connectivity index (χ0) is 18.1. The lowest BCUT2D eigenvalue weighted by Gasteiger charge is -2.37. The highest BCUT2D eigenvalue weighted by Crippen LogP contribution is 2.35. The van der Waals surface area contributed by atoms with Gasteiger partial charge in [0, 0.05) is 19.3 Å². The maximum absolute atomic E-state index is 13.2. The number of piperidine rings is 2. The molecule has 4 heterocycles. The molecule has 6 nitrogen and oxygen atoms in total. The molecule has 2 aliphatic rings. The molecule has 26 heavy (non-hydrogen) atoms. The van der Waals surface area contributed by atoms with Gasteiger partial charge in [-0.1, -0.05) is 6.92 Å². The van der Waals surface area contributed by atoms with E-state index in [2.05, 4.69) is 17.3 Å². The van der Waals surface area contributed by atoms with Gasteiger partial charge in [0.25, 0.3) is 5.91 Å². The van der Waals surface area contributed by atoms with Crippen LogP contribution >= 0.6 is 0 Å². The zero-order valence-electron chi connectivity index (χ0n) is 15.6. The van der Waals surface area contributed by atoms with Crippen LogP contribution < -0.4 is 5.32 Å². The summed E-state index contributed by atoms with van der Waals surface area (Å²) in [5.41, 5.74) is 0.540. The Labute approximate surface area is 154 Å². The van der Waals surface area contributed by atoms with E-state index < -0.39 is 0 Å². The smallest absolute Gasteiger partial charge is 0.274 e. The van der Waals surface area contributed by atoms with Gasteiger partial charge >= 0.3 is 0 Å². The van der Waals surface area contributed by atoms with Crippen LogP contribution in [0, 0.1) is 12.8 Å². The Balaban J connectivity index is 1.54. The van der Waals surface area contributed by atoms with E-state index in [0.717, 1.165) is 56.8 Å². The van der Waals surface area contributed by atoms with Crippen molar-refractivity contribution in [3.8, 4) is 0 Å². The normalized spacial score (nSPS) is 26.8. The predicted molar refractivity (Wildman–Crippen MR) is 99.0 cm³/mol. The summed E-state index contributed by atoms with van der Waals surface area (Å²) in [6.07, 6.45) is 6.17. The van der Waals surface area contributed by atoms with E-state index in [4.69, 9.17) is 4.42 Å². The first-order valence-electron chi connectivity index (χ1n) is 9.75. The van der Waals surface area contributed by atoms with Crippen LogP contribution in [0.25, 0.3) is 0 Å². The average molecular weight is 356 g/mol. The fourth-order valence-corrected chi connectivity index (χ4v) is 4.15. The lowest BCUT2D eigenvalue weighted by molar-refractivity contribution is 0.0512. The van der Waals surface area contributed by atoms with Crippen LogP contribution in [0.2, 0.25) is 0 Å². The van der Waals surface area contributed by atoms with Crippen molar-refractivity contribution in [2.24, 2.45) is 5.92 Å². The third kappa shape index (κ3) is 3.43. The maximum Gasteiger partial charge on any atom is 0.274 e. The number of carbonyl (C=O) groups excluding carboxylic acids is 1. The fourth-order valence-electron chi connectivity index (χ4n) is 4.15. The first-order chi connectivity index (χ1) is 12.6. The average Bonchev–Trinajstić information content (AvgIpc) is 3.31. The highest BCUT2D eigenvalue weighted by Gasteiger charge is 2.34. The van der Waals surface area contributed by atoms with Gasteiger partial charge in [0.15, 0.2) is 0 Å². The van der Waals surface area contributed by atoms with Crippen LogP contribution in [0.3, 0.4) is 0 Å². The van der Waals surface area contributed by atoms with Crippen molar-refractivity contribution in [1.29, 1.82) is 0 Å². The van der Waals surface area contributed by atoms with Gasteiger partial charge in [-0.05, 0) is 63.3 Å². The molecule has 0 aromatic carbocycles. The number of amides is 1. The number of aromatic nitrogens is 2. The maximum atomic E-state index is 13.2. The van der Waals surface area contributed by atoms with Crippen LogP contribution in [0.1, 0.15) is 66.7 Å². The number of carbonyl (C=O) groups is 1. The van der Waals surface area contributed by atoms with Crippen molar-refractivity contribution in [3.63, 3.8) is 0 Å². The van der Waals surface area contributed by atoms with Gasteiger partial charge in [0.2, 0.25) is 0 Å². The topological polar surface area (TPSA) is 63.3 Å². The number of furan rings is 1. The fraction of sp³-hybridized carbons (Fsp3) is 0.600. The lowest BCUT2D eigenvalue weighted by Crippen LogP contribution is -2.40. The molecule has 0 aliphatic carbocycles. The molecular weight excluding hydrogens is 328 g/mol. The molecule has 2 aliphatic heterocycles. The third-order valence-corrected chi connectivity index (χ3v) is 5.69. The number of hydrogen-bond acceptors (Lipinski definition) is 4. The summed E-state index contributed by atoms with van der Waals surface area (Å²) in [6, 6.07) is 6.18. The van der Waals surface area contributed by atoms with Crippen molar-refractivity contribution in [2.45, 2.75) is 51.6 Å². The summed E-state index contributed by atoms with van der Waals surface area (Å²) in [5, 5.41) is 8.02. The van der Waals surface area contributed by atoms with Crippen LogP contribution in [0.15, 0.2) is 28.8 Å². The number of nitrogens with zero attached hydrogens (tertiary/aromatic N) is 3. The van der Waals surface area contributed by atoms with Crippen molar-refractivity contribution in [3.05, 3.63) is 41.6 Å². The summed E-state index contributed by atoms with van der Waals surface area (Å²) in [6.45, 7) is 6.93. The highest BCUT2D eigenvalue weighted by molar-refractivity contribution is 5.92. The molecule has 140 valence electrons. The van der Waals surface area contributed by atoms with E-state index in [-0.39, 0.29) is 11.9 Å². The van der Waals surface area contributed by atoms with E-state index in [1.165, 1.54) is 0 Å². The minimum Gasteiger partial charge on any atom is -0.464 e. The van der Waals surface area contributed by atoms with E-state index in [1.54, 1.807) is 0 Å². The quantitative estimate of drug-likeness (QED) is 0.916. The first-order valence-corrected chi connectivity index (χ1v) is 9.75. The second-order valence-electron chi connectivity index (χ2n) is 7.77. The van der Waals surface area contributed by atoms with Crippen molar-refractivity contribution < 1.29 is 9.21 Å². The van der Waals surface area contributed by atoms with Crippen LogP contribution in [0.4, 0.5) is 0 Å². The highest BCUT2D eigenvalue weighted by atomic mass is 16.3. The van der Waals surface area contributed by atoms with E-state index in [0.29, 0.717) is 17.7 Å². The SMILES string of the molecule is Cc1ccc(C2CC(C)CCN2C(=O)c2ccn(C3CCCNC3)n2)o1. The van der Waals surface area contributed by atoms with Gasteiger partial charge < -0.3 is 14.6 Å². The number of nitrogens with one attached hydrogen (secondary N) is 1. The van der Waals surface area contributed by atoms with Crippen molar-refractivity contribution in [2.75, 3.05) is 19.6 Å². The van der Waals surface area contributed by atoms with Gasteiger partial charge in [-0.25, -0.2) is 0 Å². The van der Waals surface area contributed by atoms with E-state index >= 15 is 0 Å². The van der Waals surface area contributed by atoms with Gasteiger partial charge in [-0.3, -0.25) is 9.48 Å². The predicted octanol–water partition coefficient (Wildman–Crippen LogP) is 3.32. The molecule has 2 saturated heterocycles. The molecule has 0 spiro atoms. The van der Waals surface area contributed by atoms with E-state index in [9.17, 15) is 4.79 Å². The molecular formula is C20H28N4O2. The molecule has 0 radical (unpaired) electrons. The summed E-state index contributed by atoms with van der Waals surface area (Å²) >= 11 is 0. The summed E-state index contributed by atoms with van der Waals surface area (Å²) in [5.74, 6) is 2.37. The van der Waals surface area contributed by atoms with Crippen molar-refractivity contribution in [1.82, 2.24) is 20.0 Å². The first kappa shape index (κ1) is 17.3. The standard InChI is InChI=1S/C20H28N4O2/c1-14-7-10-23(18(12-14)19-6-5-15(2)26-19)20(25)17-8-11-24(22-17)16-4-3-9-21-13-16/h5-6,8,11,14,16,18,21H,3-4,7,9-10,12-13H2,1-2H3. The number of rotatable bonds is 3. The Kier molecular flexibility index (Phi) is 4.85. The van der Waals surface area contributed by atoms with E-state index in [1.807, 2.05) is 40.9 Å².